The number of hydrogen-bond acceptors (Lipinski definition) is 4. The molecule has 0 radical (unpaired) electrons. The lowest BCUT2D eigenvalue weighted by Crippen LogP contribution is -2.14. The van der Waals surface area contributed by atoms with E-state index in [0.717, 1.165) is 5.56 Å². The van der Waals surface area contributed by atoms with Crippen molar-refractivity contribution in [3.05, 3.63) is 82.4 Å². The molecule has 1 saturated heterocycles. The van der Waals surface area contributed by atoms with E-state index in [-0.39, 0.29) is 22.7 Å². The SMILES string of the molecule is C=C[C@@H]1[C@H](c2ccc([N+](=O)[O-])cc2)N1S(=O)(=O)c1ccc(C)cc1. The quantitative estimate of drug-likeness (QED) is 0.361. The van der Waals surface area contributed by atoms with Gasteiger partial charge in [-0.25, -0.2) is 8.42 Å². The van der Waals surface area contributed by atoms with Gasteiger partial charge in [-0.2, -0.15) is 4.31 Å². The van der Waals surface area contributed by atoms with Crippen LogP contribution in [0.2, 0.25) is 0 Å². The van der Waals surface area contributed by atoms with Crippen LogP contribution >= 0.6 is 0 Å². The maximum Gasteiger partial charge on any atom is 0.269 e. The Kier molecular flexibility index (Phi) is 3.98. The topological polar surface area (TPSA) is 80.3 Å². The van der Waals surface area contributed by atoms with Crippen molar-refractivity contribution in [1.82, 2.24) is 4.31 Å². The number of benzene rings is 2. The predicted octanol–water partition coefficient (Wildman–Crippen LogP) is 3.20. The van der Waals surface area contributed by atoms with E-state index >= 15 is 0 Å². The summed E-state index contributed by atoms with van der Waals surface area (Å²) >= 11 is 0. The molecule has 3 atom stereocenters. The molecule has 0 saturated carbocycles. The molecule has 3 rings (SSSR count). The smallest absolute Gasteiger partial charge is 0.258 e. The summed E-state index contributed by atoms with van der Waals surface area (Å²) in [6.45, 7) is 5.59. The molecule has 2 aromatic rings. The van der Waals surface area contributed by atoms with Crippen molar-refractivity contribution < 1.29 is 13.3 Å². The van der Waals surface area contributed by atoms with Crippen molar-refractivity contribution in [3.8, 4) is 0 Å². The first-order valence-corrected chi connectivity index (χ1v) is 8.77. The summed E-state index contributed by atoms with van der Waals surface area (Å²) in [5.74, 6) is 0. The second kappa shape index (κ2) is 5.85. The normalized spacial score (nSPS) is 22.8. The average molecular weight is 344 g/mol. The molecule has 7 heteroatoms. The van der Waals surface area contributed by atoms with Crippen molar-refractivity contribution in [1.29, 1.82) is 0 Å². The van der Waals surface area contributed by atoms with Crippen LogP contribution in [0, 0.1) is 17.0 Å². The number of hydrogen-bond donors (Lipinski definition) is 0. The Bertz CT molecular complexity index is 889. The van der Waals surface area contributed by atoms with E-state index in [1.54, 1.807) is 42.5 Å². The third-order valence-corrected chi connectivity index (χ3v) is 5.98. The number of nitro benzene ring substituents is 1. The van der Waals surface area contributed by atoms with Gasteiger partial charge in [0.2, 0.25) is 10.0 Å². The lowest BCUT2D eigenvalue weighted by Gasteiger charge is -2.07. The van der Waals surface area contributed by atoms with Gasteiger partial charge in [0.05, 0.1) is 21.9 Å². The standard InChI is InChI=1S/C17H16N2O4S/c1-3-16-17(13-6-8-14(9-7-13)19(20)21)18(16)24(22,23)15-10-4-12(2)5-11-15/h3-11,16-17H,1H2,2H3/t16-,17+,18?/m1/s1. The number of non-ortho nitro benzene ring substituents is 1. The van der Waals surface area contributed by atoms with E-state index in [9.17, 15) is 18.5 Å². The second-order valence-corrected chi connectivity index (χ2v) is 7.51. The Labute approximate surface area is 140 Å². The number of aryl methyl sites for hydroxylation is 1. The fourth-order valence-corrected chi connectivity index (χ4v) is 4.48. The van der Waals surface area contributed by atoms with Gasteiger partial charge in [-0.05, 0) is 24.6 Å². The first kappa shape index (κ1) is 16.4. The highest BCUT2D eigenvalue weighted by Crippen LogP contribution is 2.48. The van der Waals surface area contributed by atoms with Crippen molar-refractivity contribution >= 4 is 15.7 Å². The van der Waals surface area contributed by atoms with E-state index in [4.69, 9.17) is 0 Å². The maximum atomic E-state index is 12.8. The molecule has 6 nitrogen and oxygen atoms in total. The van der Waals surface area contributed by atoms with Crippen LogP contribution < -0.4 is 0 Å². The third-order valence-electron chi connectivity index (χ3n) is 4.09. The maximum absolute atomic E-state index is 12.8. The lowest BCUT2D eigenvalue weighted by atomic mass is 10.1. The molecule has 0 amide bonds. The van der Waals surface area contributed by atoms with Gasteiger partial charge in [0.1, 0.15) is 0 Å². The van der Waals surface area contributed by atoms with Crippen LogP contribution in [0.25, 0.3) is 0 Å². The number of rotatable bonds is 5. The van der Waals surface area contributed by atoms with Crippen LogP contribution in [-0.4, -0.2) is 23.7 Å². The van der Waals surface area contributed by atoms with Gasteiger partial charge >= 0.3 is 0 Å². The predicted molar refractivity (Wildman–Crippen MR) is 90.0 cm³/mol. The molecule has 2 aromatic carbocycles. The zero-order chi connectivity index (χ0) is 17.5. The Balaban J connectivity index is 1.92. The zero-order valence-electron chi connectivity index (χ0n) is 13.0. The summed E-state index contributed by atoms with van der Waals surface area (Å²) in [6, 6.07) is 11.9. The first-order chi connectivity index (χ1) is 11.4. The second-order valence-electron chi connectivity index (χ2n) is 5.67. The molecule has 1 fully saturated rings. The third kappa shape index (κ3) is 2.72. The Morgan fingerprint density at radius 2 is 1.71 bits per heavy atom. The zero-order valence-corrected chi connectivity index (χ0v) is 13.8. The number of nitrogens with zero attached hydrogens (tertiary/aromatic N) is 2. The van der Waals surface area contributed by atoms with E-state index in [2.05, 4.69) is 6.58 Å². The summed E-state index contributed by atoms with van der Waals surface area (Å²) < 4.78 is 27.0. The van der Waals surface area contributed by atoms with E-state index < -0.39 is 14.9 Å². The van der Waals surface area contributed by atoms with Crippen LogP contribution in [0.1, 0.15) is 17.2 Å². The molecule has 0 bridgehead atoms. The molecular weight excluding hydrogens is 328 g/mol. The van der Waals surface area contributed by atoms with Crippen LogP contribution in [-0.2, 0) is 10.0 Å². The molecule has 0 spiro atoms. The van der Waals surface area contributed by atoms with Crippen molar-refractivity contribution in [2.45, 2.75) is 23.9 Å². The van der Waals surface area contributed by atoms with Gasteiger partial charge in [-0.3, -0.25) is 10.1 Å². The van der Waals surface area contributed by atoms with Crippen LogP contribution in [0.4, 0.5) is 5.69 Å². The highest BCUT2D eigenvalue weighted by Gasteiger charge is 2.54. The van der Waals surface area contributed by atoms with Crippen LogP contribution in [0.15, 0.2) is 66.1 Å². The van der Waals surface area contributed by atoms with Crippen molar-refractivity contribution in [3.63, 3.8) is 0 Å². The summed E-state index contributed by atoms with van der Waals surface area (Å²) in [5, 5.41) is 10.7. The highest BCUT2D eigenvalue weighted by atomic mass is 32.2. The van der Waals surface area contributed by atoms with Gasteiger partial charge in [-0.1, -0.05) is 35.9 Å². The Hall–Kier alpha value is -2.51. The summed E-state index contributed by atoms with van der Waals surface area (Å²) in [4.78, 5) is 10.5. The number of sulfonamides is 1. The van der Waals surface area contributed by atoms with Crippen LogP contribution in [0.5, 0.6) is 0 Å². The molecular formula is C17H16N2O4S. The lowest BCUT2D eigenvalue weighted by molar-refractivity contribution is -0.384. The fraction of sp³-hybridized carbons (Fsp3) is 0.176. The van der Waals surface area contributed by atoms with Gasteiger partial charge < -0.3 is 0 Å². The van der Waals surface area contributed by atoms with Crippen molar-refractivity contribution in [2.75, 3.05) is 0 Å². The molecule has 1 unspecified atom stereocenters. The average Bonchev–Trinajstić information content (AvgIpc) is 3.31. The van der Waals surface area contributed by atoms with Crippen molar-refractivity contribution in [2.24, 2.45) is 0 Å². The van der Waals surface area contributed by atoms with Gasteiger partial charge in [0.15, 0.2) is 0 Å². The minimum Gasteiger partial charge on any atom is -0.258 e. The highest BCUT2D eigenvalue weighted by molar-refractivity contribution is 7.89. The van der Waals surface area contributed by atoms with Gasteiger partial charge in [-0.15, -0.1) is 6.58 Å². The minimum absolute atomic E-state index is 0.0255. The first-order valence-electron chi connectivity index (χ1n) is 7.33. The Morgan fingerprint density at radius 3 is 2.21 bits per heavy atom. The molecule has 124 valence electrons. The largest absolute Gasteiger partial charge is 0.269 e. The molecule has 1 heterocycles. The summed E-state index contributed by atoms with van der Waals surface area (Å²) in [6.07, 6.45) is 1.58. The summed E-state index contributed by atoms with van der Waals surface area (Å²) in [7, 11) is -3.64. The molecule has 0 aliphatic carbocycles. The molecule has 1 aliphatic heterocycles. The minimum atomic E-state index is -3.64. The fourth-order valence-electron chi connectivity index (χ4n) is 2.74. The van der Waals surface area contributed by atoms with Gasteiger partial charge in [0, 0.05) is 12.1 Å². The number of nitro groups is 1. The van der Waals surface area contributed by atoms with Gasteiger partial charge in [0.25, 0.3) is 5.69 Å². The molecule has 0 aromatic heterocycles. The monoisotopic (exact) mass is 344 g/mol. The molecule has 0 N–H and O–H groups in total. The van der Waals surface area contributed by atoms with E-state index in [0.29, 0.717) is 5.56 Å². The molecule has 24 heavy (non-hydrogen) atoms. The Morgan fingerprint density at radius 1 is 1.12 bits per heavy atom. The van der Waals surface area contributed by atoms with Crippen LogP contribution in [0.3, 0.4) is 0 Å². The van der Waals surface area contributed by atoms with E-state index in [1.807, 2.05) is 6.92 Å². The van der Waals surface area contributed by atoms with E-state index in [1.165, 1.54) is 16.4 Å². The summed E-state index contributed by atoms with van der Waals surface area (Å²) in [5.41, 5.74) is 1.66. The molecule has 1 aliphatic rings.